The second kappa shape index (κ2) is 9.02. The van der Waals surface area contributed by atoms with Crippen molar-refractivity contribution in [3.63, 3.8) is 0 Å². The van der Waals surface area contributed by atoms with Crippen LogP contribution in [0.2, 0.25) is 0 Å². The van der Waals surface area contributed by atoms with Crippen LogP contribution in [0.25, 0.3) is 22.4 Å². The van der Waals surface area contributed by atoms with Gasteiger partial charge in [0.2, 0.25) is 5.95 Å². The predicted octanol–water partition coefficient (Wildman–Crippen LogP) is 4.42. The van der Waals surface area contributed by atoms with Crippen LogP contribution >= 0.6 is 0 Å². The van der Waals surface area contributed by atoms with Crippen LogP contribution < -0.4 is 5.32 Å². The molecule has 2 aliphatic heterocycles. The van der Waals surface area contributed by atoms with Crippen molar-refractivity contribution in [2.24, 2.45) is 4.36 Å². The molecule has 6 rings (SSSR count). The molecule has 0 fully saturated rings. The van der Waals surface area contributed by atoms with E-state index in [1.54, 1.807) is 22.8 Å². The van der Waals surface area contributed by atoms with E-state index >= 15 is 0 Å². The Bertz CT molecular complexity index is 1700. The third kappa shape index (κ3) is 4.73. The number of rotatable bonds is 4. The molecule has 4 aromatic rings. The van der Waals surface area contributed by atoms with Crippen molar-refractivity contribution in [1.29, 1.82) is 0 Å². The second-order valence-electron chi connectivity index (χ2n) is 9.62. The van der Waals surface area contributed by atoms with E-state index in [9.17, 15) is 8.60 Å². The average molecular weight is 520 g/mol. The number of halogens is 1. The highest BCUT2D eigenvalue weighted by Crippen LogP contribution is 2.35. The normalized spacial score (nSPS) is 15.7. The van der Waals surface area contributed by atoms with Crippen LogP contribution in [-0.4, -0.2) is 61.3 Å². The first kappa shape index (κ1) is 23.7. The molecule has 11 heteroatoms. The number of anilines is 2. The largest absolute Gasteiger partial charge is 0.373 e. The molecule has 0 saturated carbocycles. The zero-order chi connectivity index (χ0) is 25.7. The van der Waals surface area contributed by atoms with E-state index in [2.05, 4.69) is 54.8 Å². The van der Waals surface area contributed by atoms with Gasteiger partial charge in [0, 0.05) is 53.4 Å². The SMILES string of the molecule is CN1CC2=CCOCc3cc(Nc4ncc5c(F)cn(-c6cccc(N=S(C)(C)=O)n6)c5n4)cc(c32)C1. The lowest BCUT2D eigenvalue weighted by Crippen LogP contribution is -2.26. The molecule has 0 amide bonds. The Morgan fingerprint density at radius 3 is 2.84 bits per heavy atom. The van der Waals surface area contributed by atoms with E-state index in [0.29, 0.717) is 36.4 Å². The summed E-state index contributed by atoms with van der Waals surface area (Å²) >= 11 is 0. The summed E-state index contributed by atoms with van der Waals surface area (Å²) in [6, 6.07) is 9.29. The number of ether oxygens (including phenoxy) is 1. The lowest BCUT2D eigenvalue weighted by atomic mass is 9.90. The Labute approximate surface area is 214 Å². The molecule has 2 aliphatic rings. The van der Waals surface area contributed by atoms with Crippen molar-refractivity contribution >= 4 is 43.8 Å². The Hall–Kier alpha value is -3.67. The summed E-state index contributed by atoms with van der Waals surface area (Å²) in [6.07, 6.45) is 8.01. The van der Waals surface area contributed by atoms with Crippen molar-refractivity contribution in [1.82, 2.24) is 24.4 Å². The summed E-state index contributed by atoms with van der Waals surface area (Å²) in [4.78, 5) is 15.7. The van der Waals surface area contributed by atoms with E-state index in [1.807, 2.05) is 0 Å². The van der Waals surface area contributed by atoms with Crippen molar-refractivity contribution in [3.05, 3.63) is 71.3 Å². The van der Waals surface area contributed by atoms with Crippen LogP contribution in [0.4, 0.5) is 21.8 Å². The molecular weight excluding hydrogens is 493 g/mol. The molecule has 9 nitrogen and oxygen atoms in total. The minimum absolute atomic E-state index is 0.270. The van der Waals surface area contributed by atoms with Gasteiger partial charge in [0.15, 0.2) is 17.3 Å². The van der Waals surface area contributed by atoms with Gasteiger partial charge in [0.25, 0.3) is 0 Å². The molecule has 3 aromatic heterocycles. The predicted molar refractivity (Wildman–Crippen MR) is 142 cm³/mol. The number of likely N-dealkylation sites (N-methyl/N-ethyl adjacent to an activating group) is 1. The van der Waals surface area contributed by atoms with Crippen molar-refractivity contribution < 1.29 is 13.3 Å². The number of nitrogens with one attached hydrogen (secondary N) is 1. The summed E-state index contributed by atoms with van der Waals surface area (Å²) in [5.74, 6) is 0.591. The Morgan fingerprint density at radius 2 is 2.00 bits per heavy atom. The highest BCUT2D eigenvalue weighted by molar-refractivity contribution is 7.92. The molecule has 1 aromatic carbocycles. The molecule has 190 valence electrons. The van der Waals surface area contributed by atoms with E-state index in [1.165, 1.54) is 41.6 Å². The molecule has 0 atom stereocenters. The number of pyridine rings is 1. The number of aromatic nitrogens is 4. The highest BCUT2D eigenvalue weighted by atomic mass is 32.2. The maximum absolute atomic E-state index is 14.8. The monoisotopic (exact) mass is 519 g/mol. The fourth-order valence-corrected chi connectivity index (χ4v) is 5.41. The number of nitrogens with zero attached hydrogens (tertiary/aromatic N) is 6. The number of hydrogen-bond donors (Lipinski definition) is 1. The molecule has 0 spiro atoms. The molecular formula is C26H26FN7O2S. The summed E-state index contributed by atoms with van der Waals surface area (Å²) in [7, 11) is -0.292. The van der Waals surface area contributed by atoms with Gasteiger partial charge in [-0.2, -0.15) is 9.35 Å². The smallest absolute Gasteiger partial charge is 0.229 e. The minimum Gasteiger partial charge on any atom is -0.373 e. The lowest BCUT2D eigenvalue weighted by molar-refractivity contribution is 0.150. The van der Waals surface area contributed by atoms with Gasteiger partial charge >= 0.3 is 0 Å². The molecule has 0 unspecified atom stereocenters. The van der Waals surface area contributed by atoms with Gasteiger partial charge in [0.05, 0.1) is 18.6 Å². The average Bonchev–Trinajstić information content (AvgIpc) is 3.01. The van der Waals surface area contributed by atoms with E-state index in [0.717, 1.165) is 24.3 Å². The molecule has 0 radical (unpaired) electrons. The van der Waals surface area contributed by atoms with Crippen molar-refractivity contribution in [2.45, 2.75) is 13.2 Å². The van der Waals surface area contributed by atoms with Crippen LogP contribution in [-0.2, 0) is 27.6 Å². The first-order valence-corrected chi connectivity index (χ1v) is 14.1. The topological polar surface area (TPSA) is 97.5 Å². The van der Waals surface area contributed by atoms with Crippen LogP contribution in [0.1, 0.15) is 16.7 Å². The lowest BCUT2D eigenvalue weighted by Gasteiger charge is -2.29. The van der Waals surface area contributed by atoms with Gasteiger partial charge in [0.1, 0.15) is 5.82 Å². The maximum atomic E-state index is 14.8. The summed E-state index contributed by atoms with van der Waals surface area (Å²) in [5, 5.41) is 3.57. The van der Waals surface area contributed by atoms with Crippen LogP contribution in [0.15, 0.2) is 53.2 Å². The third-order valence-electron chi connectivity index (χ3n) is 6.24. The van der Waals surface area contributed by atoms with Crippen LogP contribution in [0.5, 0.6) is 0 Å². The van der Waals surface area contributed by atoms with E-state index in [-0.39, 0.29) is 5.39 Å². The Morgan fingerprint density at radius 1 is 1.16 bits per heavy atom. The van der Waals surface area contributed by atoms with Crippen LogP contribution in [0, 0.1) is 5.82 Å². The maximum Gasteiger partial charge on any atom is 0.229 e. The van der Waals surface area contributed by atoms with Gasteiger partial charge in [-0.1, -0.05) is 12.1 Å². The second-order valence-corrected chi connectivity index (χ2v) is 12.2. The fourth-order valence-electron chi connectivity index (χ4n) is 4.86. The third-order valence-corrected chi connectivity index (χ3v) is 6.87. The first-order chi connectivity index (χ1) is 17.7. The summed E-state index contributed by atoms with van der Waals surface area (Å²) in [6.45, 7) is 2.86. The highest BCUT2D eigenvalue weighted by Gasteiger charge is 2.24. The van der Waals surface area contributed by atoms with Gasteiger partial charge in [-0.05, 0) is 53.6 Å². The number of benzene rings is 1. The molecule has 37 heavy (non-hydrogen) atoms. The molecule has 5 heterocycles. The molecule has 0 aliphatic carbocycles. The van der Waals surface area contributed by atoms with E-state index < -0.39 is 15.5 Å². The van der Waals surface area contributed by atoms with Gasteiger partial charge in [-0.15, -0.1) is 0 Å². The molecule has 1 N–H and O–H groups in total. The first-order valence-electron chi connectivity index (χ1n) is 11.8. The number of fused-ring (bicyclic) bond motifs is 1. The zero-order valence-electron chi connectivity index (χ0n) is 20.7. The zero-order valence-corrected chi connectivity index (χ0v) is 21.5. The standard InChI is InChI=1S/C26H26FN7O2S/c1-33-12-16-7-8-36-15-18-10-19(9-17(13-33)24(16)18)29-26-28-11-20-21(27)14-34(25(20)31-26)23-6-4-5-22(30-23)32-37(2,3)35/h4-7,9-11,14H,8,12-13,15H2,1-3H3,(H,28,29,31). The van der Waals surface area contributed by atoms with Gasteiger partial charge < -0.3 is 10.1 Å². The van der Waals surface area contributed by atoms with Crippen molar-refractivity contribution in [3.8, 4) is 5.82 Å². The quantitative estimate of drug-likeness (QED) is 0.426. The molecule has 0 saturated heterocycles. The van der Waals surface area contributed by atoms with Gasteiger partial charge in [-0.3, -0.25) is 9.47 Å². The number of hydrogen-bond acceptors (Lipinski definition) is 8. The Balaban J connectivity index is 1.39. The van der Waals surface area contributed by atoms with E-state index in [4.69, 9.17) is 4.74 Å². The Kier molecular flexibility index (Phi) is 5.78. The van der Waals surface area contributed by atoms with Crippen LogP contribution in [0.3, 0.4) is 0 Å². The molecule has 0 bridgehead atoms. The fraction of sp³-hybridized carbons (Fsp3) is 0.269. The summed E-state index contributed by atoms with van der Waals surface area (Å²) in [5.41, 5.74) is 6.10. The minimum atomic E-state index is -2.39. The van der Waals surface area contributed by atoms with Crippen molar-refractivity contribution in [2.75, 3.05) is 38.0 Å². The van der Waals surface area contributed by atoms with Gasteiger partial charge in [-0.25, -0.2) is 18.6 Å². The summed E-state index contributed by atoms with van der Waals surface area (Å²) < 4.78 is 38.4.